The van der Waals surface area contributed by atoms with Gasteiger partial charge in [-0.05, 0) is 49.9 Å². The van der Waals surface area contributed by atoms with Crippen molar-refractivity contribution >= 4 is 17.7 Å². The number of amides is 1. The number of hydrogen-bond donors (Lipinski definition) is 5. The van der Waals surface area contributed by atoms with Crippen LogP contribution in [0.25, 0.3) is 0 Å². The average Bonchev–Trinajstić information content (AvgIpc) is 3.22. The molecule has 4 saturated heterocycles. The predicted octanol–water partition coefficient (Wildman–Crippen LogP) is 0.492. The Morgan fingerprint density at radius 2 is 1.85 bits per heavy atom. The molecule has 0 aromatic heterocycles. The number of fused-ring (bicyclic) bond motifs is 3. The van der Waals surface area contributed by atoms with Gasteiger partial charge in [-0.2, -0.15) is 0 Å². The van der Waals surface area contributed by atoms with E-state index in [9.17, 15) is 20.1 Å². The smallest absolute Gasteiger partial charge is 0.240 e. The van der Waals surface area contributed by atoms with Crippen LogP contribution in [0.4, 0.5) is 0 Å². The Hall–Kier alpha value is -0.760. The van der Waals surface area contributed by atoms with Gasteiger partial charge in [0.15, 0.2) is 0 Å². The molecule has 10 nitrogen and oxygen atoms in total. The first kappa shape index (κ1) is 30.7. The zero-order valence-electron chi connectivity index (χ0n) is 23.9. The van der Waals surface area contributed by atoms with E-state index >= 15 is 0 Å². The second-order valence-electron chi connectivity index (χ2n) is 12.7. The maximum absolute atomic E-state index is 13.6. The van der Waals surface area contributed by atoms with Crippen LogP contribution in [-0.4, -0.2) is 125 Å². The van der Waals surface area contributed by atoms with Gasteiger partial charge in [-0.1, -0.05) is 26.0 Å². The minimum absolute atomic E-state index is 0.148. The number of carbonyl (C=O) groups is 1. The highest BCUT2D eigenvalue weighted by Gasteiger charge is 2.49. The summed E-state index contributed by atoms with van der Waals surface area (Å²) in [6.07, 6.45) is 3.72. The van der Waals surface area contributed by atoms with Crippen LogP contribution in [0, 0.1) is 17.8 Å². The molecule has 228 valence electrons. The number of rotatable bonds is 6. The van der Waals surface area contributed by atoms with E-state index in [1.54, 1.807) is 0 Å². The molecule has 0 aromatic carbocycles. The first-order valence-corrected chi connectivity index (χ1v) is 16.2. The fourth-order valence-corrected chi connectivity index (χ4v) is 8.48. The molecule has 1 amide bonds. The number of morpholine rings is 1. The fraction of sp³-hybridized carbons (Fsp3) is 0.897. The Morgan fingerprint density at radius 3 is 2.62 bits per heavy atom. The number of ether oxygens (including phenoxy) is 3. The van der Waals surface area contributed by atoms with Gasteiger partial charge in [-0.25, -0.2) is 0 Å². The van der Waals surface area contributed by atoms with Gasteiger partial charge in [0.1, 0.15) is 35.9 Å². The lowest BCUT2D eigenvalue weighted by Gasteiger charge is -2.45. The number of nitrogens with zero attached hydrogens (tertiary/aromatic N) is 1. The fourth-order valence-electron chi connectivity index (χ4n) is 7.06. The van der Waals surface area contributed by atoms with E-state index in [1.807, 2.05) is 6.08 Å². The second-order valence-corrected chi connectivity index (χ2v) is 14.1. The van der Waals surface area contributed by atoms with Crippen molar-refractivity contribution in [3.8, 4) is 0 Å². The van der Waals surface area contributed by atoms with Crippen LogP contribution in [0.2, 0.25) is 0 Å². The maximum Gasteiger partial charge on any atom is 0.240 e. The highest BCUT2D eigenvalue weighted by molar-refractivity contribution is 8.00. The second kappa shape index (κ2) is 14.1. The summed E-state index contributed by atoms with van der Waals surface area (Å²) in [6, 6.07) is -1.03. The molecule has 0 radical (unpaired) electrons. The standard InChI is InChI=1S/C29H49N3O7S/c1-17(2)13-18-7-10-38-26-19(14-18)15-30-22(26)28(36)31-21-6-4-3-5-20(16-32-8-11-37-12-9-32)40-29-25(35)23(33)24(34)27(21)39-29/h3-4,17-27,29-30,33-35H,5-16H2,1-2H3,(H,31,36)/b4-3-/t18-,19-,20-,21+,22-,23?,24?,25?,26+,27?,29?/m0/s1. The quantitative estimate of drug-likeness (QED) is 0.282. The SMILES string of the molecule is CC(C)C[C@@H]1CCO[C@@H]2[C@H](CN[C@@H]2C(=O)N[C@@H]2C/C=C\C[C@@H](CN3CCOCC3)SC3OC2C(O)C(O)C3O)C1. The van der Waals surface area contributed by atoms with E-state index in [2.05, 4.69) is 35.5 Å². The molecule has 5 aliphatic heterocycles. The van der Waals surface area contributed by atoms with Crippen molar-refractivity contribution < 1.29 is 34.3 Å². The molecule has 5 heterocycles. The molecule has 0 saturated carbocycles. The molecule has 5 unspecified atom stereocenters. The maximum atomic E-state index is 13.6. The first-order chi connectivity index (χ1) is 19.3. The number of allylic oxidation sites excluding steroid dienone is 1. The van der Waals surface area contributed by atoms with E-state index in [0.717, 1.165) is 45.4 Å². The van der Waals surface area contributed by atoms with Crippen molar-refractivity contribution in [1.82, 2.24) is 15.5 Å². The largest absolute Gasteiger partial charge is 0.388 e. The summed E-state index contributed by atoms with van der Waals surface area (Å²) < 4.78 is 18.0. The Kier molecular flexibility index (Phi) is 10.8. The Morgan fingerprint density at radius 1 is 1.07 bits per heavy atom. The Balaban J connectivity index is 1.26. The van der Waals surface area contributed by atoms with Gasteiger partial charge in [-0.15, -0.1) is 11.8 Å². The van der Waals surface area contributed by atoms with Gasteiger partial charge < -0.3 is 40.2 Å². The van der Waals surface area contributed by atoms with Crippen LogP contribution >= 0.6 is 11.8 Å². The predicted molar refractivity (Wildman–Crippen MR) is 153 cm³/mol. The number of thioether (sulfide) groups is 1. The molecule has 5 N–H and O–H groups in total. The van der Waals surface area contributed by atoms with Crippen LogP contribution in [0.15, 0.2) is 12.2 Å². The van der Waals surface area contributed by atoms with Crippen molar-refractivity contribution in [3.63, 3.8) is 0 Å². The van der Waals surface area contributed by atoms with Crippen LogP contribution in [-0.2, 0) is 19.0 Å². The number of hydrogen-bond acceptors (Lipinski definition) is 10. The van der Waals surface area contributed by atoms with E-state index in [0.29, 0.717) is 44.0 Å². The minimum Gasteiger partial charge on any atom is -0.388 e. The molecule has 40 heavy (non-hydrogen) atoms. The monoisotopic (exact) mass is 583 g/mol. The topological polar surface area (TPSA) is 133 Å². The van der Waals surface area contributed by atoms with Crippen molar-refractivity contribution in [2.24, 2.45) is 17.8 Å². The van der Waals surface area contributed by atoms with Crippen molar-refractivity contribution in [2.75, 3.05) is 46.0 Å². The lowest BCUT2D eigenvalue weighted by atomic mass is 9.85. The van der Waals surface area contributed by atoms with Crippen LogP contribution < -0.4 is 10.6 Å². The molecule has 11 atom stereocenters. The lowest BCUT2D eigenvalue weighted by Crippen LogP contribution is -2.64. The van der Waals surface area contributed by atoms with Crippen molar-refractivity contribution in [2.45, 2.75) is 99.2 Å². The summed E-state index contributed by atoms with van der Waals surface area (Å²) in [5.41, 5.74) is -0.711. The van der Waals surface area contributed by atoms with Crippen molar-refractivity contribution in [3.05, 3.63) is 12.2 Å². The zero-order chi connectivity index (χ0) is 28.2. The van der Waals surface area contributed by atoms with Gasteiger partial charge in [0.05, 0.1) is 25.4 Å². The Bertz CT molecular complexity index is 859. The molecule has 5 rings (SSSR count). The summed E-state index contributed by atoms with van der Waals surface area (Å²) in [7, 11) is 0. The van der Waals surface area contributed by atoms with Gasteiger partial charge >= 0.3 is 0 Å². The lowest BCUT2D eigenvalue weighted by molar-refractivity contribution is -0.205. The number of carbonyl (C=O) groups excluding carboxylic acids is 1. The summed E-state index contributed by atoms with van der Waals surface area (Å²) in [5.74, 6) is 1.38. The third kappa shape index (κ3) is 7.41. The number of nitrogens with one attached hydrogen (secondary N) is 2. The van der Waals surface area contributed by atoms with E-state index in [1.165, 1.54) is 18.2 Å². The van der Waals surface area contributed by atoms with Crippen LogP contribution in [0.3, 0.4) is 0 Å². The highest BCUT2D eigenvalue weighted by Crippen LogP contribution is 2.36. The molecule has 4 fully saturated rings. The van der Waals surface area contributed by atoms with Crippen molar-refractivity contribution in [1.29, 1.82) is 0 Å². The van der Waals surface area contributed by atoms with E-state index < -0.39 is 41.9 Å². The van der Waals surface area contributed by atoms with Gasteiger partial charge in [0, 0.05) is 38.0 Å². The molecule has 0 aliphatic carbocycles. The van der Waals surface area contributed by atoms with Crippen LogP contribution in [0.5, 0.6) is 0 Å². The molecule has 0 spiro atoms. The van der Waals surface area contributed by atoms with Crippen LogP contribution in [0.1, 0.15) is 46.0 Å². The van der Waals surface area contributed by atoms with Gasteiger partial charge in [0.2, 0.25) is 5.91 Å². The molecule has 0 aromatic rings. The summed E-state index contributed by atoms with van der Waals surface area (Å²) in [6.45, 7) is 9.90. The highest BCUT2D eigenvalue weighted by atomic mass is 32.2. The number of aliphatic hydroxyl groups excluding tert-OH is 3. The van der Waals surface area contributed by atoms with E-state index in [4.69, 9.17) is 14.2 Å². The number of aliphatic hydroxyl groups is 3. The third-order valence-corrected chi connectivity index (χ3v) is 10.5. The van der Waals surface area contributed by atoms with Gasteiger partial charge in [-0.3, -0.25) is 9.69 Å². The molecular weight excluding hydrogens is 534 g/mol. The third-order valence-electron chi connectivity index (χ3n) is 9.13. The summed E-state index contributed by atoms with van der Waals surface area (Å²) >= 11 is 1.50. The molecule has 2 bridgehead atoms. The minimum atomic E-state index is -1.36. The average molecular weight is 584 g/mol. The molecule has 5 aliphatic rings. The van der Waals surface area contributed by atoms with E-state index in [-0.39, 0.29) is 17.3 Å². The first-order valence-electron chi connectivity index (χ1n) is 15.3. The Labute approximate surface area is 242 Å². The molecule has 11 heteroatoms. The zero-order valence-corrected chi connectivity index (χ0v) is 24.7. The summed E-state index contributed by atoms with van der Waals surface area (Å²) in [5, 5.41) is 39.2. The summed E-state index contributed by atoms with van der Waals surface area (Å²) in [4.78, 5) is 16.0. The normalized spacial score (nSPS) is 44.0. The molecular formula is C29H49N3O7S. The van der Waals surface area contributed by atoms with Gasteiger partial charge in [0.25, 0.3) is 0 Å².